The maximum atomic E-state index is 13.9. The maximum absolute atomic E-state index is 13.9. The molecule has 0 radical (unpaired) electrons. The lowest BCUT2D eigenvalue weighted by Crippen LogP contribution is -2.55. The molecular weight excluding hydrogens is 564 g/mol. The van der Waals surface area contributed by atoms with Crippen molar-refractivity contribution in [1.29, 1.82) is 0 Å². The Kier molecular flexibility index (Phi) is 7.68. The van der Waals surface area contributed by atoms with Crippen LogP contribution in [-0.4, -0.2) is 51.1 Å². The fourth-order valence-corrected chi connectivity index (χ4v) is 6.76. The van der Waals surface area contributed by atoms with Crippen molar-refractivity contribution >= 4 is 45.0 Å². The lowest BCUT2D eigenvalue weighted by Gasteiger charge is -2.35. The van der Waals surface area contributed by atoms with Crippen LogP contribution in [0.5, 0.6) is 0 Å². The predicted molar refractivity (Wildman–Crippen MR) is 152 cm³/mol. The SMILES string of the molecule is Cc1ncsc1-c1ccc(CNC(=O)[C@@H]2CCCN2C(=O)C(C(C)C)N2Cc3c(Br)cccc3C2=O)cc1. The average Bonchev–Trinajstić information content (AvgIpc) is 3.63. The Morgan fingerprint density at radius 3 is 2.61 bits per heavy atom. The standard InChI is InChI=1S/C29H31BrN4O3S/c1-17(2)25(34-15-22-21(28(34)36)6-4-7-23(22)30)29(37)33-13-5-8-24(33)27(35)31-14-19-9-11-20(12-10-19)26-18(3)32-16-38-26/h4,6-7,9-12,16-17,24-25H,5,8,13-15H2,1-3H3,(H,31,35)/t24-,25?/m0/s1. The molecule has 7 nitrogen and oxygen atoms in total. The molecule has 198 valence electrons. The van der Waals surface area contributed by atoms with E-state index in [0.29, 0.717) is 31.6 Å². The number of nitrogens with zero attached hydrogens (tertiary/aromatic N) is 3. The number of amides is 3. The van der Waals surface area contributed by atoms with Gasteiger partial charge in [-0.25, -0.2) is 4.98 Å². The van der Waals surface area contributed by atoms with E-state index in [0.717, 1.165) is 38.2 Å². The summed E-state index contributed by atoms with van der Waals surface area (Å²) in [5.74, 6) is -0.534. The van der Waals surface area contributed by atoms with Crippen molar-refractivity contribution in [3.63, 3.8) is 0 Å². The number of carbonyl (C=O) groups excluding carboxylic acids is 3. The van der Waals surface area contributed by atoms with Crippen LogP contribution in [0.25, 0.3) is 10.4 Å². The van der Waals surface area contributed by atoms with Gasteiger partial charge in [-0.1, -0.05) is 60.1 Å². The minimum atomic E-state index is -0.627. The number of aromatic nitrogens is 1. The van der Waals surface area contributed by atoms with Gasteiger partial charge in [0, 0.05) is 29.7 Å². The van der Waals surface area contributed by atoms with Crippen LogP contribution in [-0.2, 0) is 22.7 Å². The molecule has 1 fully saturated rings. The van der Waals surface area contributed by atoms with Crippen molar-refractivity contribution in [2.75, 3.05) is 6.54 Å². The summed E-state index contributed by atoms with van der Waals surface area (Å²) in [6.45, 7) is 7.19. The zero-order chi connectivity index (χ0) is 27.0. The summed E-state index contributed by atoms with van der Waals surface area (Å²) < 4.78 is 0.870. The van der Waals surface area contributed by atoms with Gasteiger partial charge in [0.05, 0.1) is 16.1 Å². The number of aryl methyl sites for hydroxylation is 1. The Labute approximate surface area is 235 Å². The van der Waals surface area contributed by atoms with Crippen LogP contribution in [0.3, 0.4) is 0 Å². The number of likely N-dealkylation sites (tertiary alicyclic amines) is 1. The Morgan fingerprint density at radius 1 is 1.18 bits per heavy atom. The molecule has 3 amide bonds. The van der Waals surface area contributed by atoms with E-state index in [9.17, 15) is 14.4 Å². The first kappa shape index (κ1) is 26.6. The molecule has 0 aliphatic carbocycles. The summed E-state index contributed by atoms with van der Waals surface area (Å²) in [5, 5.41) is 3.03. The number of fused-ring (bicyclic) bond motifs is 1. The van der Waals surface area contributed by atoms with Gasteiger partial charge in [0.2, 0.25) is 11.8 Å². The molecule has 2 aliphatic rings. The third kappa shape index (κ3) is 5.01. The quantitative estimate of drug-likeness (QED) is 0.409. The van der Waals surface area contributed by atoms with E-state index in [1.165, 1.54) is 0 Å². The van der Waals surface area contributed by atoms with Crippen molar-refractivity contribution in [2.24, 2.45) is 5.92 Å². The number of rotatable bonds is 7. The maximum Gasteiger partial charge on any atom is 0.255 e. The van der Waals surface area contributed by atoms with Crippen LogP contribution in [0.1, 0.15) is 53.9 Å². The van der Waals surface area contributed by atoms with Gasteiger partial charge in [-0.15, -0.1) is 11.3 Å². The molecule has 2 aromatic carbocycles. The van der Waals surface area contributed by atoms with Crippen LogP contribution in [0.4, 0.5) is 0 Å². The highest BCUT2D eigenvalue weighted by Gasteiger charge is 2.44. The summed E-state index contributed by atoms with van der Waals surface area (Å²) in [6.07, 6.45) is 1.38. The van der Waals surface area contributed by atoms with Gasteiger partial charge in [0.15, 0.2) is 0 Å². The topological polar surface area (TPSA) is 82.6 Å². The van der Waals surface area contributed by atoms with Crippen molar-refractivity contribution in [2.45, 2.75) is 58.8 Å². The summed E-state index contributed by atoms with van der Waals surface area (Å²) in [6, 6.07) is 12.5. The molecular formula is C29H31BrN4O3S. The second kappa shape index (κ2) is 11.0. The number of benzene rings is 2. The molecule has 3 aromatic rings. The van der Waals surface area contributed by atoms with Gasteiger partial charge >= 0.3 is 0 Å². The molecule has 9 heteroatoms. The Hall–Kier alpha value is -3.04. The van der Waals surface area contributed by atoms with Crippen molar-refractivity contribution in [3.8, 4) is 10.4 Å². The molecule has 1 N–H and O–H groups in total. The largest absolute Gasteiger partial charge is 0.350 e. The summed E-state index contributed by atoms with van der Waals surface area (Å²) in [5.41, 5.74) is 6.49. The van der Waals surface area contributed by atoms with Gasteiger partial charge in [0.1, 0.15) is 12.1 Å². The smallest absolute Gasteiger partial charge is 0.255 e. The number of hydrogen-bond donors (Lipinski definition) is 1. The van der Waals surface area contributed by atoms with E-state index in [1.807, 2.05) is 62.7 Å². The third-order valence-corrected chi connectivity index (χ3v) is 9.15. The van der Waals surface area contributed by atoms with Crippen molar-refractivity contribution < 1.29 is 14.4 Å². The molecule has 0 saturated carbocycles. The van der Waals surface area contributed by atoms with E-state index in [-0.39, 0.29) is 23.6 Å². The monoisotopic (exact) mass is 594 g/mol. The zero-order valence-corrected chi connectivity index (χ0v) is 24.1. The van der Waals surface area contributed by atoms with Crippen molar-refractivity contribution in [1.82, 2.24) is 20.1 Å². The number of thiazole rings is 1. The summed E-state index contributed by atoms with van der Waals surface area (Å²) >= 11 is 5.16. The molecule has 3 heterocycles. The highest BCUT2D eigenvalue weighted by molar-refractivity contribution is 9.10. The number of nitrogens with one attached hydrogen (secondary N) is 1. The third-order valence-electron chi connectivity index (χ3n) is 7.43. The molecule has 2 atom stereocenters. The van der Waals surface area contributed by atoms with Gasteiger partial charge in [-0.05, 0) is 54.5 Å². The molecule has 1 aromatic heterocycles. The molecule has 38 heavy (non-hydrogen) atoms. The molecule has 0 bridgehead atoms. The van der Waals surface area contributed by atoms with E-state index < -0.39 is 12.1 Å². The van der Waals surface area contributed by atoms with Gasteiger partial charge in [-0.2, -0.15) is 0 Å². The lowest BCUT2D eigenvalue weighted by atomic mass is 10.0. The highest BCUT2D eigenvalue weighted by atomic mass is 79.9. The molecule has 1 saturated heterocycles. The molecule has 2 aliphatic heterocycles. The van der Waals surface area contributed by atoms with Crippen LogP contribution >= 0.6 is 27.3 Å². The number of halogens is 1. The van der Waals surface area contributed by atoms with Crippen LogP contribution in [0.15, 0.2) is 52.4 Å². The fraction of sp³-hybridized carbons (Fsp3) is 0.379. The first-order valence-corrected chi connectivity index (χ1v) is 14.6. The summed E-state index contributed by atoms with van der Waals surface area (Å²) in [4.78, 5) is 49.2. The Balaban J connectivity index is 1.26. The van der Waals surface area contributed by atoms with Gasteiger partial charge in [-0.3, -0.25) is 14.4 Å². The van der Waals surface area contributed by atoms with Crippen LogP contribution < -0.4 is 5.32 Å². The minimum Gasteiger partial charge on any atom is -0.350 e. The first-order valence-electron chi connectivity index (χ1n) is 12.9. The molecule has 1 unspecified atom stereocenters. The number of hydrogen-bond acceptors (Lipinski definition) is 5. The Morgan fingerprint density at radius 2 is 1.95 bits per heavy atom. The average molecular weight is 596 g/mol. The predicted octanol–water partition coefficient (Wildman–Crippen LogP) is 5.17. The molecule has 5 rings (SSSR count). The Bertz CT molecular complexity index is 1370. The normalized spacial score (nSPS) is 17.7. The van der Waals surface area contributed by atoms with Crippen LogP contribution in [0, 0.1) is 12.8 Å². The second-order valence-electron chi connectivity index (χ2n) is 10.3. The summed E-state index contributed by atoms with van der Waals surface area (Å²) in [7, 11) is 0. The zero-order valence-electron chi connectivity index (χ0n) is 21.7. The first-order chi connectivity index (χ1) is 18.3. The fourth-order valence-electron chi connectivity index (χ4n) is 5.45. The van der Waals surface area contributed by atoms with E-state index in [1.54, 1.807) is 27.2 Å². The van der Waals surface area contributed by atoms with Crippen molar-refractivity contribution in [3.05, 3.63) is 74.8 Å². The molecule has 0 spiro atoms. The second-order valence-corrected chi connectivity index (χ2v) is 12.0. The highest BCUT2D eigenvalue weighted by Crippen LogP contribution is 2.33. The van der Waals surface area contributed by atoms with Gasteiger partial charge in [0.25, 0.3) is 5.91 Å². The van der Waals surface area contributed by atoms with E-state index >= 15 is 0 Å². The van der Waals surface area contributed by atoms with Gasteiger partial charge < -0.3 is 15.1 Å². The lowest BCUT2D eigenvalue weighted by molar-refractivity contribution is -0.143. The minimum absolute atomic E-state index is 0.0930. The van der Waals surface area contributed by atoms with Crippen LogP contribution in [0.2, 0.25) is 0 Å². The van der Waals surface area contributed by atoms with E-state index in [2.05, 4.69) is 26.2 Å². The number of carbonyl (C=O) groups is 3. The van der Waals surface area contributed by atoms with E-state index in [4.69, 9.17) is 0 Å².